The molecule has 2 aromatic carbocycles. The third-order valence-electron chi connectivity index (χ3n) is 4.55. The highest BCUT2D eigenvalue weighted by Crippen LogP contribution is 2.32. The molecule has 1 fully saturated rings. The average molecular weight is 431 g/mol. The summed E-state index contributed by atoms with van der Waals surface area (Å²) in [5, 5.41) is 0. The van der Waals surface area contributed by atoms with Crippen molar-refractivity contribution in [3.05, 3.63) is 59.9 Å². The van der Waals surface area contributed by atoms with Crippen molar-refractivity contribution in [1.29, 1.82) is 0 Å². The number of alkyl halides is 3. The minimum absolute atomic E-state index is 0.106. The fourth-order valence-electron chi connectivity index (χ4n) is 3.04. The first kappa shape index (κ1) is 21.3. The van der Waals surface area contributed by atoms with Crippen LogP contribution in [0.2, 0.25) is 0 Å². The number of benzene rings is 2. The van der Waals surface area contributed by atoms with E-state index in [1.165, 1.54) is 6.07 Å². The van der Waals surface area contributed by atoms with Gasteiger partial charge < -0.3 is 4.74 Å². The zero-order chi connectivity index (χ0) is 21.2. The van der Waals surface area contributed by atoms with Gasteiger partial charge in [0.1, 0.15) is 11.6 Å². The smallest absolute Gasteiger partial charge is 0.416 e. The van der Waals surface area contributed by atoms with Crippen LogP contribution < -0.4 is 4.74 Å². The molecule has 3 rings (SSSR count). The van der Waals surface area contributed by atoms with Crippen LogP contribution >= 0.6 is 0 Å². The summed E-state index contributed by atoms with van der Waals surface area (Å²) in [4.78, 5) is 12.3. The Bertz CT molecular complexity index is 990. The van der Waals surface area contributed by atoms with E-state index in [4.69, 9.17) is 4.74 Å². The standard InChI is InChI=1S/C19H17F4NO4S/c20-15-6-8-17(9-7-15)29(26,27)24-10-2-3-13(12-24)18(25)28-16-5-1-4-14(11-16)19(21,22)23/h1,4-9,11,13H,2-3,10,12H2. The first-order chi connectivity index (χ1) is 13.6. The highest BCUT2D eigenvalue weighted by molar-refractivity contribution is 7.89. The van der Waals surface area contributed by atoms with E-state index in [1.54, 1.807) is 0 Å². The maximum Gasteiger partial charge on any atom is 0.416 e. The van der Waals surface area contributed by atoms with Crippen molar-refractivity contribution in [3.63, 3.8) is 0 Å². The Kier molecular flexibility index (Phi) is 5.95. The van der Waals surface area contributed by atoms with E-state index in [0.717, 1.165) is 40.7 Å². The van der Waals surface area contributed by atoms with Crippen molar-refractivity contribution in [2.45, 2.75) is 23.9 Å². The first-order valence-corrected chi connectivity index (χ1v) is 10.2. The van der Waals surface area contributed by atoms with Gasteiger partial charge in [0.05, 0.1) is 16.4 Å². The summed E-state index contributed by atoms with van der Waals surface area (Å²) in [5.41, 5.74) is -0.952. The molecule has 1 aliphatic heterocycles. The normalized spacial score (nSPS) is 18.4. The largest absolute Gasteiger partial charge is 0.426 e. The lowest BCUT2D eigenvalue weighted by Gasteiger charge is -2.30. The third kappa shape index (κ3) is 4.94. The molecule has 0 spiro atoms. The van der Waals surface area contributed by atoms with Crippen molar-refractivity contribution in [2.75, 3.05) is 13.1 Å². The Hall–Kier alpha value is -2.46. The Balaban J connectivity index is 1.72. The molecule has 2 aromatic rings. The van der Waals surface area contributed by atoms with E-state index in [2.05, 4.69) is 0 Å². The number of esters is 1. The number of hydrogen-bond donors (Lipinski definition) is 0. The van der Waals surface area contributed by atoms with Gasteiger partial charge in [0.2, 0.25) is 10.0 Å². The summed E-state index contributed by atoms with van der Waals surface area (Å²) >= 11 is 0. The van der Waals surface area contributed by atoms with Gasteiger partial charge in [-0.25, -0.2) is 12.8 Å². The third-order valence-corrected chi connectivity index (χ3v) is 6.43. The van der Waals surface area contributed by atoms with Crippen LogP contribution in [0.25, 0.3) is 0 Å². The molecular formula is C19H17F4NO4S. The lowest BCUT2D eigenvalue weighted by Crippen LogP contribution is -2.43. The monoisotopic (exact) mass is 431 g/mol. The summed E-state index contributed by atoms with van der Waals surface area (Å²) in [6.45, 7) is 0.00452. The van der Waals surface area contributed by atoms with Gasteiger partial charge in [-0.1, -0.05) is 6.07 Å². The molecule has 1 aliphatic rings. The summed E-state index contributed by atoms with van der Waals surface area (Å²) in [7, 11) is -3.93. The number of rotatable bonds is 4. The summed E-state index contributed by atoms with van der Waals surface area (Å²) in [6.07, 6.45) is -3.86. The molecule has 0 aliphatic carbocycles. The van der Waals surface area contributed by atoms with Crippen molar-refractivity contribution >= 4 is 16.0 Å². The molecule has 1 saturated heterocycles. The molecule has 0 radical (unpaired) electrons. The van der Waals surface area contributed by atoms with Crippen LogP contribution in [0.15, 0.2) is 53.4 Å². The second-order valence-electron chi connectivity index (χ2n) is 6.60. The van der Waals surface area contributed by atoms with Crippen LogP contribution in [0.3, 0.4) is 0 Å². The van der Waals surface area contributed by atoms with E-state index in [0.29, 0.717) is 18.9 Å². The quantitative estimate of drug-likeness (QED) is 0.419. The van der Waals surface area contributed by atoms with E-state index in [9.17, 15) is 30.8 Å². The highest BCUT2D eigenvalue weighted by Gasteiger charge is 2.35. The van der Waals surface area contributed by atoms with Crippen LogP contribution in [-0.2, 0) is 21.0 Å². The Morgan fingerprint density at radius 2 is 1.79 bits per heavy atom. The highest BCUT2D eigenvalue weighted by atomic mass is 32.2. The molecule has 0 aromatic heterocycles. The van der Waals surface area contributed by atoms with E-state index >= 15 is 0 Å². The molecule has 156 valence electrons. The number of piperidine rings is 1. The molecule has 0 amide bonds. The predicted molar refractivity (Wildman–Crippen MR) is 95.0 cm³/mol. The predicted octanol–water partition coefficient (Wildman–Crippen LogP) is 3.85. The van der Waals surface area contributed by atoms with E-state index in [1.807, 2.05) is 0 Å². The van der Waals surface area contributed by atoms with Gasteiger partial charge in [-0.15, -0.1) is 0 Å². The van der Waals surface area contributed by atoms with E-state index < -0.39 is 39.5 Å². The lowest BCUT2D eigenvalue weighted by molar-refractivity contribution is -0.141. The number of ether oxygens (including phenoxy) is 1. The SMILES string of the molecule is O=C(Oc1cccc(C(F)(F)F)c1)C1CCCN(S(=O)(=O)c2ccc(F)cc2)C1. The number of sulfonamides is 1. The van der Waals surface area contributed by atoms with Gasteiger partial charge >= 0.3 is 12.1 Å². The van der Waals surface area contributed by atoms with Crippen LogP contribution in [-0.4, -0.2) is 31.8 Å². The summed E-state index contributed by atoms with van der Waals surface area (Å²) in [5.74, 6) is -2.47. The van der Waals surface area contributed by atoms with Crippen molar-refractivity contribution < 1.29 is 35.5 Å². The number of nitrogens with zero attached hydrogens (tertiary/aromatic N) is 1. The maximum atomic E-state index is 13.1. The second kappa shape index (κ2) is 8.11. The van der Waals surface area contributed by atoms with Gasteiger partial charge in [0.15, 0.2) is 0 Å². The van der Waals surface area contributed by atoms with Gasteiger partial charge in [-0.05, 0) is 55.3 Å². The molecule has 1 unspecified atom stereocenters. The minimum Gasteiger partial charge on any atom is -0.426 e. The summed E-state index contributed by atoms with van der Waals surface area (Å²) in [6, 6.07) is 8.24. The molecule has 29 heavy (non-hydrogen) atoms. The molecule has 5 nitrogen and oxygen atoms in total. The van der Waals surface area contributed by atoms with Crippen molar-refractivity contribution in [2.24, 2.45) is 5.92 Å². The molecule has 10 heteroatoms. The minimum atomic E-state index is -4.58. The van der Waals surface area contributed by atoms with Gasteiger partial charge in [0.25, 0.3) is 0 Å². The zero-order valence-electron chi connectivity index (χ0n) is 15.0. The zero-order valence-corrected chi connectivity index (χ0v) is 15.8. The van der Waals surface area contributed by atoms with Crippen LogP contribution in [0.4, 0.5) is 17.6 Å². The fraction of sp³-hybridized carbons (Fsp3) is 0.316. The molecular weight excluding hydrogens is 414 g/mol. The van der Waals surface area contributed by atoms with Crippen LogP contribution in [0, 0.1) is 11.7 Å². The van der Waals surface area contributed by atoms with Gasteiger partial charge in [0, 0.05) is 13.1 Å². The van der Waals surface area contributed by atoms with E-state index in [-0.39, 0.29) is 23.7 Å². The number of halogens is 4. The molecule has 1 atom stereocenters. The summed E-state index contributed by atoms with van der Waals surface area (Å²) < 4.78 is 83.0. The molecule has 0 N–H and O–H groups in total. The fourth-order valence-corrected chi connectivity index (χ4v) is 4.57. The number of hydrogen-bond acceptors (Lipinski definition) is 4. The molecule has 0 bridgehead atoms. The first-order valence-electron chi connectivity index (χ1n) is 8.72. The maximum absolute atomic E-state index is 13.1. The Labute approximate surface area is 164 Å². The number of carbonyl (C=O) groups excluding carboxylic acids is 1. The van der Waals surface area contributed by atoms with Gasteiger partial charge in [-0.3, -0.25) is 4.79 Å². The molecule has 1 heterocycles. The Morgan fingerprint density at radius 3 is 2.45 bits per heavy atom. The Morgan fingerprint density at radius 1 is 1.10 bits per heavy atom. The van der Waals surface area contributed by atoms with Crippen LogP contribution in [0.5, 0.6) is 5.75 Å². The molecule has 0 saturated carbocycles. The second-order valence-corrected chi connectivity index (χ2v) is 8.54. The van der Waals surface area contributed by atoms with Crippen molar-refractivity contribution in [1.82, 2.24) is 4.31 Å². The topological polar surface area (TPSA) is 63.7 Å². The van der Waals surface area contributed by atoms with Gasteiger partial charge in [-0.2, -0.15) is 17.5 Å². The number of carbonyl (C=O) groups is 1. The van der Waals surface area contributed by atoms with Crippen LogP contribution in [0.1, 0.15) is 18.4 Å². The average Bonchev–Trinajstić information content (AvgIpc) is 2.68. The lowest BCUT2D eigenvalue weighted by atomic mass is 10.00. The van der Waals surface area contributed by atoms with Crippen molar-refractivity contribution in [3.8, 4) is 5.75 Å².